The number of terminal acetylenes is 1. The lowest BCUT2D eigenvalue weighted by atomic mass is 10.2. The Kier molecular flexibility index (Phi) is 6.96. The van der Waals surface area contributed by atoms with E-state index in [1.54, 1.807) is 0 Å². The molecule has 1 aromatic carbocycles. The van der Waals surface area contributed by atoms with E-state index in [1.165, 1.54) is 0 Å². The molecule has 1 N–H and O–H groups in total. The average molecular weight is 291 g/mol. The number of ether oxygens (including phenoxy) is 2. The number of benzene rings is 1. The number of nitrogens with zero attached hydrogens (tertiary/aromatic N) is 1. The van der Waals surface area contributed by atoms with Crippen LogP contribution in [0.3, 0.4) is 0 Å². The van der Waals surface area contributed by atoms with E-state index in [4.69, 9.17) is 21.0 Å². The van der Waals surface area contributed by atoms with Gasteiger partial charge in [0.1, 0.15) is 0 Å². The fourth-order valence-electron chi connectivity index (χ4n) is 1.88. The number of carbonyl (C=O) groups is 1. The Bertz CT molecular complexity index is 507. The van der Waals surface area contributed by atoms with Crippen molar-refractivity contribution in [3.05, 3.63) is 18.2 Å². The van der Waals surface area contributed by atoms with E-state index in [0.29, 0.717) is 37.8 Å². The molecule has 0 aromatic heterocycles. The molecule has 0 radical (unpaired) electrons. The van der Waals surface area contributed by atoms with Crippen molar-refractivity contribution in [3.8, 4) is 23.8 Å². The summed E-state index contributed by atoms with van der Waals surface area (Å²) in [7, 11) is 0. The van der Waals surface area contributed by atoms with Crippen molar-refractivity contribution in [2.75, 3.05) is 31.2 Å². The van der Waals surface area contributed by atoms with Gasteiger partial charge in [0.2, 0.25) is 0 Å². The molecule has 1 aromatic rings. The molecule has 0 spiro atoms. The maximum absolute atomic E-state index is 10.7. The minimum Gasteiger partial charge on any atom is -0.490 e. The second-order valence-electron chi connectivity index (χ2n) is 4.27. The summed E-state index contributed by atoms with van der Waals surface area (Å²) < 4.78 is 11.1. The van der Waals surface area contributed by atoms with Crippen LogP contribution in [0.1, 0.15) is 20.3 Å². The van der Waals surface area contributed by atoms with Gasteiger partial charge in [-0.05, 0) is 26.0 Å². The number of aliphatic carboxylic acids is 1. The minimum atomic E-state index is -0.854. The van der Waals surface area contributed by atoms with Gasteiger partial charge in [0.25, 0.3) is 0 Å². The number of hydrogen-bond acceptors (Lipinski definition) is 4. The van der Waals surface area contributed by atoms with Crippen LogP contribution in [0.2, 0.25) is 0 Å². The largest absolute Gasteiger partial charge is 0.490 e. The number of hydrogen-bond donors (Lipinski definition) is 1. The molecule has 0 fully saturated rings. The van der Waals surface area contributed by atoms with Crippen molar-refractivity contribution >= 4 is 11.7 Å². The minimum absolute atomic E-state index is 0.0266. The van der Waals surface area contributed by atoms with Gasteiger partial charge in [-0.15, -0.1) is 6.42 Å². The Morgan fingerprint density at radius 1 is 1.29 bits per heavy atom. The fraction of sp³-hybridized carbons (Fsp3) is 0.438. The molecule has 0 bridgehead atoms. The van der Waals surface area contributed by atoms with Crippen molar-refractivity contribution in [2.24, 2.45) is 0 Å². The van der Waals surface area contributed by atoms with Crippen LogP contribution in [0.5, 0.6) is 11.5 Å². The van der Waals surface area contributed by atoms with Crippen LogP contribution in [-0.2, 0) is 4.79 Å². The van der Waals surface area contributed by atoms with Gasteiger partial charge in [-0.3, -0.25) is 4.79 Å². The zero-order chi connectivity index (χ0) is 15.7. The maximum atomic E-state index is 10.7. The summed E-state index contributed by atoms with van der Waals surface area (Å²) in [5, 5.41) is 8.81. The van der Waals surface area contributed by atoms with Gasteiger partial charge in [0.05, 0.1) is 26.2 Å². The first-order valence-corrected chi connectivity index (χ1v) is 6.92. The molecule has 5 heteroatoms. The van der Waals surface area contributed by atoms with Gasteiger partial charge < -0.3 is 19.5 Å². The van der Waals surface area contributed by atoms with E-state index in [1.807, 2.05) is 36.9 Å². The predicted molar refractivity (Wildman–Crippen MR) is 82.1 cm³/mol. The smallest absolute Gasteiger partial charge is 0.305 e. The van der Waals surface area contributed by atoms with Gasteiger partial charge in [0.15, 0.2) is 11.5 Å². The Hall–Kier alpha value is -2.35. The van der Waals surface area contributed by atoms with Crippen LogP contribution in [0.25, 0.3) is 0 Å². The Labute approximate surface area is 125 Å². The quantitative estimate of drug-likeness (QED) is 0.708. The highest BCUT2D eigenvalue weighted by molar-refractivity contribution is 5.68. The third kappa shape index (κ3) is 5.27. The molecular weight excluding hydrogens is 270 g/mol. The highest BCUT2D eigenvalue weighted by atomic mass is 16.5. The Balaban J connectivity index is 2.99. The van der Waals surface area contributed by atoms with E-state index in [-0.39, 0.29) is 6.42 Å². The van der Waals surface area contributed by atoms with Crippen LogP contribution in [-0.4, -0.2) is 37.4 Å². The van der Waals surface area contributed by atoms with Crippen LogP contribution < -0.4 is 14.4 Å². The summed E-state index contributed by atoms with van der Waals surface area (Å²) >= 11 is 0. The summed E-state index contributed by atoms with van der Waals surface area (Å²) in [4.78, 5) is 12.6. The summed E-state index contributed by atoms with van der Waals surface area (Å²) in [5.41, 5.74) is 0.820. The average Bonchev–Trinajstić information content (AvgIpc) is 2.45. The Morgan fingerprint density at radius 2 is 1.95 bits per heavy atom. The molecule has 21 heavy (non-hydrogen) atoms. The monoisotopic (exact) mass is 291 g/mol. The highest BCUT2D eigenvalue weighted by Crippen LogP contribution is 2.32. The molecule has 1 rings (SSSR count). The number of carboxylic acids is 1. The lowest BCUT2D eigenvalue weighted by molar-refractivity contribution is -0.136. The fourth-order valence-corrected chi connectivity index (χ4v) is 1.88. The topological polar surface area (TPSA) is 59.0 Å². The molecule has 0 atom stereocenters. The van der Waals surface area contributed by atoms with Gasteiger partial charge >= 0.3 is 5.97 Å². The lowest BCUT2D eigenvalue weighted by Gasteiger charge is -2.23. The molecule has 0 aliphatic rings. The molecular formula is C16H21NO4. The van der Waals surface area contributed by atoms with Crippen LogP contribution in [0, 0.1) is 12.3 Å². The first kappa shape index (κ1) is 16.7. The number of rotatable bonds is 9. The molecule has 114 valence electrons. The number of anilines is 1. The van der Waals surface area contributed by atoms with Crippen molar-refractivity contribution in [3.63, 3.8) is 0 Å². The molecule has 0 heterocycles. The van der Waals surface area contributed by atoms with Crippen LogP contribution >= 0.6 is 0 Å². The van der Waals surface area contributed by atoms with Crippen molar-refractivity contribution in [2.45, 2.75) is 20.3 Å². The van der Waals surface area contributed by atoms with E-state index in [0.717, 1.165) is 5.69 Å². The maximum Gasteiger partial charge on any atom is 0.305 e. The molecule has 0 aliphatic carbocycles. The zero-order valence-corrected chi connectivity index (χ0v) is 12.5. The van der Waals surface area contributed by atoms with Crippen molar-refractivity contribution in [1.82, 2.24) is 0 Å². The van der Waals surface area contributed by atoms with Crippen LogP contribution in [0.15, 0.2) is 18.2 Å². The van der Waals surface area contributed by atoms with Gasteiger partial charge in [-0.1, -0.05) is 5.92 Å². The van der Waals surface area contributed by atoms with Gasteiger partial charge in [0, 0.05) is 18.3 Å². The van der Waals surface area contributed by atoms with E-state index in [2.05, 4.69) is 5.92 Å². The SMILES string of the molecule is C#CCN(CCC(=O)O)c1ccc(OCC)c(OCC)c1. The van der Waals surface area contributed by atoms with E-state index < -0.39 is 5.97 Å². The molecule has 0 saturated heterocycles. The first-order chi connectivity index (χ1) is 10.1. The molecule has 5 nitrogen and oxygen atoms in total. The Morgan fingerprint density at radius 3 is 2.52 bits per heavy atom. The third-order valence-corrected chi connectivity index (χ3v) is 2.77. The normalized spacial score (nSPS) is 9.76. The second kappa shape index (κ2) is 8.75. The summed E-state index contributed by atoms with van der Waals surface area (Å²) in [5.74, 6) is 2.99. The van der Waals surface area contributed by atoms with Crippen LogP contribution in [0.4, 0.5) is 5.69 Å². The molecule has 0 unspecified atom stereocenters. The highest BCUT2D eigenvalue weighted by Gasteiger charge is 2.12. The molecule has 0 aliphatic heterocycles. The second-order valence-corrected chi connectivity index (χ2v) is 4.27. The van der Waals surface area contributed by atoms with E-state index >= 15 is 0 Å². The lowest BCUT2D eigenvalue weighted by Crippen LogP contribution is -2.26. The number of carboxylic acid groups (broad SMARTS) is 1. The summed E-state index contributed by atoms with van der Waals surface area (Å²) in [6.07, 6.45) is 5.38. The van der Waals surface area contributed by atoms with E-state index in [9.17, 15) is 4.79 Å². The van der Waals surface area contributed by atoms with Gasteiger partial charge in [-0.2, -0.15) is 0 Å². The van der Waals surface area contributed by atoms with Gasteiger partial charge in [-0.25, -0.2) is 0 Å². The zero-order valence-electron chi connectivity index (χ0n) is 12.5. The first-order valence-electron chi connectivity index (χ1n) is 6.92. The van der Waals surface area contributed by atoms with Crippen molar-refractivity contribution < 1.29 is 19.4 Å². The molecule has 0 saturated carbocycles. The summed E-state index contributed by atoms with van der Waals surface area (Å²) in [6.45, 7) is 5.55. The van der Waals surface area contributed by atoms with Crippen molar-refractivity contribution in [1.29, 1.82) is 0 Å². The molecule has 0 amide bonds. The standard InChI is InChI=1S/C16H21NO4/c1-4-10-17(11-9-16(18)19)13-7-8-14(20-5-2)15(12-13)21-6-3/h1,7-8,12H,5-6,9-11H2,2-3H3,(H,18,19). The third-order valence-electron chi connectivity index (χ3n) is 2.77. The predicted octanol–water partition coefficient (Wildman–Crippen LogP) is 2.40. The summed E-state index contributed by atoms with van der Waals surface area (Å²) in [6, 6.07) is 5.49.